The van der Waals surface area contributed by atoms with Gasteiger partial charge in [0.1, 0.15) is 0 Å². The van der Waals surface area contributed by atoms with Gasteiger partial charge in [-0.15, -0.1) is 0 Å². The lowest BCUT2D eigenvalue weighted by Gasteiger charge is -2.16. The van der Waals surface area contributed by atoms with Gasteiger partial charge >= 0.3 is 0 Å². The Morgan fingerprint density at radius 1 is 1.27 bits per heavy atom. The summed E-state index contributed by atoms with van der Waals surface area (Å²) in [5.74, 6) is 0.0990. The maximum Gasteiger partial charge on any atom is 0.224 e. The van der Waals surface area contributed by atoms with E-state index < -0.39 is 0 Å². The molecule has 82 valence electrons. The number of aryl methyl sites for hydroxylation is 1. The van der Waals surface area contributed by atoms with Gasteiger partial charge in [-0.1, -0.05) is 43.7 Å². The molecule has 1 atom stereocenters. The van der Waals surface area contributed by atoms with E-state index in [1.165, 1.54) is 5.56 Å². The number of hydrogen-bond donors (Lipinski definition) is 1. The molecule has 0 aliphatic carbocycles. The zero-order valence-corrected chi connectivity index (χ0v) is 9.66. The Balaban J connectivity index is 2.89. The predicted octanol–water partition coefficient (Wildman–Crippen LogP) is 2.61. The Kier molecular flexibility index (Phi) is 3.89. The highest BCUT2D eigenvalue weighted by atomic mass is 16.1. The second kappa shape index (κ2) is 4.96. The lowest BCUT2D eigenvalue weighted by Crippen LogP contribution is -2.22. The molecule has 2 heteroatoms. The van der Waals surface area contributed by atoms with Crippen LogP contribution in [0.1, 0.15) is 37.3 Å². The molecule has 0 spiro atoms. The Hall–Kier alpha value is -1.31. The molecule has 0 fully saturated rings. The average Bonchev–Trinajstić information content (AvgIpc) is 2.15. The molecule has 2 N–H and O–H groups in total. The van der Waals surface area contributed by atoms with E-state index in [-0.39, 0.29) is 11.8 Å². The van der Waals surface area contributed by atoms with Crippen LogP contribution >= 0.6 is 0 Å². The van der Waals surface area contributed by atoms with Crippen molar-refractivity contribution >= 4 is 5.91 Å². The van der Waals surface area contributed by atoms with Crippen molar-refractivity contribution in [1.29, 1.82) is 0 Å². The largest absolute Gasteiger partial charge is 0.369 e. The van der Waals surface area contributed by atoms with Crippen molar-refractivity contribution in [1.82, 2.24) is 0 Å². The molecule has 0 radical (unpaired) electrons. The van der Waals surface area contributed by atoms with Gasteiger partial charge in [0.2, 0.25) is 5.91 Å². The number of primary amides is 1. The van der Waals surface area contributed by atoms with Gasteiger partial charge in [0.05, 0.1) is 5.92 Å². The van der Waals surface area contributed by atoms with Crippen molar-refractivity contribution in [3.05, 3.63) is 35.4 Å². The molecule has 0 saturated heterocycles. The number of hydrogen-bond acceptors (Lipinski definition) is 1. The summed E-state index contributed by atoms with van der Waals surface area (Å²) in [6.07, 6.45) is 0.818. The van der Waals surface area contributed by atoms with E-state index in [0.717, 1.165) is 12.0 Å². The van der Waals surface area contributed by atoms with Crippen LogP contribution in [0, 0.1) is 12.8 Å². The van der Waals surface area contributed by atoms with Crippen molar-refractivity contribution in [3.8, 4) is 0 Å². The van der Waals surface area contributed by atoms with Gasteiger partial charge in [0.15, 0.2) is 0 Å². The Morgan fingerprint density at radius 3 is 2.20 bits per heavy atom. The summed E-state index contributed by atoms with van der Waals surface area (Å²) < 4.78 is 0. The number of carbonyl (C=O) groups excluding carboxylic acids is 1. The van der Waals surface area contributed by atoms with E-state index in [0.29, 0.717) is 5.92 Å². The van der Waals surface area contributed by atoms with E-state index in [2.05, 4.69) is 13.8 Å². The molecule has 2 nitrogen and oxygen atoms in total. The van der Waals surface area contributed by atoms with Crippen LogP contribution in [0.5, 0.6) is 0 Å². The smallest absolute Gasteiger partial charge is 0.224 e. The minimum Gasteiger partial charge on any atom is -0.369 e. The minimum absolute atomic E-state index is 0.148. The van der Waals surface area contributed by atoms with Gasteiger partial charge in [-0.25, -0.2) is 0 Å². The van der Waals surface area contributed by atoms with Crippen LogP contribution in [0.25, 0.3) is 0 Å². The quantitative estimate of drug-likeness (QED) is 0.806. The van der Waals surface area contributed by atoms with Gasteiger partial charge in [-0.3, -0.25) is 4.79 Å². The fraction of sp³-hybridized carbons (Fsp3) is 0.462. The van der Waals surface area contributed by atoms with E-state index in [9.17, 15) is 4.79 Å². The maximum atomic E-state index is 11.3. The third-order valence-electron chi connectivity index (χ3n) is 2.53. The second-order valence-electron chi connectivity index (χ2n) is 4.50. The number of carbonyl (C=O) groups is 1. The lowest BCUT2D eigenvalue weighted by atomic mass is 9.89. The lowest BCUT2D eigenvalue weighted by molar-refractivity contribution is -0.119. The molecule has 1 unspecified atom stereocenters. The molecular formula is C13H19NO. The van der Waals surface area contributed by atoms with Crippen LogP contribution in [0.15, 0.2) is 24.3 Å². The van der Waals surface area contributed by atoms with Gasteiger partial charge in [0, 0.05) is 0 Å². The molecule has 0 heterocycles. The van der Waals surface area contributed by atoms with Gasteiger partial charge in [-0.2, -0.15) is 0 Å². The van der Waals surface area contributed by atoms with Gasteiger partial charge < -0.3 is 5.73 Å². The van der Waals surface area contributed by atoms with Crippen LogP contribution in [0.4, 0.5) is 0 Å². The molecule has 0 aliphatic heterocycles. The van der Waals surface area contributed by atoms with Crippen molar-refractivity contribution in [2.45, 2.75) is 33.1 Å². The Labute approximate surface area is 91.5 Å². The number of benzene rings is 1. The molecule has 0 aliphatic rings. The first-order valence-electron chi connectivity index (χ1n) is 5.36. The monoisotopic (exact) mass is 205 g/mol. The predicted molar refractivity (Wildman–Crippen MR) is 62.6 cm³/mol. The SMILES string of the molecule is Cc1ccc(C(CC(C)C)C(N)=O)cc1. The first kappa shape index (κ1) is 11.8. The van der Waals surface area contributed by atoms with Crippen LogP contribution in [-0.4, -0.2) is 5.91 Å². The highest BCUT2D eigenvalue weighted by molar-refractivity contribution is 5.81. The number of nitrogens with two attached hydrogens (primary N) is 1. The molecule has 1 rings (SSSR count). The fourth-order valence-corrected chi connectivity index (χ4v) is 1.69. The van der Waals surface area contributed by atoms with E-state index in [4.69, 9.17) is 5.73 Å². The Morgan fingerprint density at radius 2 is 1.80 bits per heavy atom. The summed E-state index contributed by atoms with van der Waals surface area (Å²) in [5, 5.41) is 0. The summed E-state index contributed by atoms with van der Waals surface area (Å²) in [7, 11) is 0. The van der Waals surface area contributed by atoms with E-state index in [1.807, 2.05) is 31.2 Å². The maximum absolute atomic E-state index is 11.3. The average molecular weight is 205 g/mol. The van der Waals surface area contributed by atoms with Gasteiger partial charge in [-0.05, 0) is 24.8 Å². The highest BCUT2D eigenvalue weighted by Gasteiger charge is 2.18. The summed E-state index contributed by atoms with van der Waals surface area (Å²) in [4.78, 5) is 11.3. The molecule has 0 bridgehead atoms. The molecule has 0 aromatic heterocycles. The van der Waals surface area contributed by atoms with Crippen molar-refractivity contribution in [3.63, 3.8) is 0 Å². The van der Waals surface area contributed by atoms with Gasteiger partial charge in [0.25, 0.3) is 0 Å². The first-order chi connectivity index (χ1) is 7.00. The molecule has 15 heavy (non-hydrogen) atoms. The van der Waals surface area contributed by atoms with Crippen LogP contribution < -0.4 is 5.73 Å². The van der Waals surface area contributed by atoms with Crippen molar-refractivity contribution in [2.24, 2.45) is 11.7 Å². The summed E-state index contributed by atoms with van der Waals surface area (Å²) >= 11 is 0. The molecule has 0 saturated carbocycles. The third kappa shape index (κ3) is 3.39. The van der Waals surface area contributed by atoms with E-state index >= 15 is 0 Å². The van der Waals surface area contributed by atoms with Crippen molar-refractivity contribution < 1.29 is 4.79 Å². The Bertz CT molecular complexity index is 327. The van der Waals surface area contributed by atoms with Crippen LogP contribution in [0.3, 0.4) is 0 Å². The fourth-order valence-electron chi connectivity index (χ4n) is 1.69. The highest BCUT2D eigenvalue weighted by Crippen LogP contribution is 2.23. The zero-order valence-electron chi connectivity index (χ0n) is 9.66. The topological polar surface area (TPSA) is 43.1 Å². The summed E-state index contributed by atoms with van der Waals surface area (Å²) in [6, 6.07) is 8.03. The number of rotatable bonds is 4. The van der Waals surface area contributed by atoms with Crippen LogP contribution in [-0.2, 0) is 4.79 Å². The minimum atomic E-state index is -0.229. The molecule has 1 aromatic carbocycles. The molecule has 1 aromatic rings. The third-order valence-corrected chi connectivity index (χ3v) is 2.53. The molecular weight excluding hydrogens is 186 g/mol. The zero-order chi connectivity index (χ0) is 11.4. The standard InChI is InChI=1S/C13H19NO/c1-9(2)8-12(13(14)15)11-6-4-10(3)5-7-11/h4-7,9,12H,8H2,1-3H3,(H2,14,15). The van der Waals surface area contributed by atoms with Crippen LogP contribution in [0.2, 0.25) is 0 Å². The first-order valence-corrected chi connectivity index (χ1v) is 5.36. The normalized spacial score (nSPS) is 12.8. The molecule has 1 amide bonds. The summed E-state index contributed by atoms with van der Waals surface area (Å²) in [6.45, 7) is 6.24. The number of amides is 1. The van der Waals surface area contributed by atoms with E-state index in [1.54, 1.807) is 0 Å². The van der Waals surface area contributed by atoms with Crippen molar-refractivity contribution in [2.75, 3.05) is 0 Å². The summed E-state index contributed by atoms with van der Waals surface area (Å²) in [5.41, 5.74) is 7.65. The second-order valence-corrected chi connectivity index (χ2v) is 4.50.